The zero-order valence-electron chi connectivity index (χ0n) is 6.61. The largest absolute Gasteiger partial charge is 0.408 e. The van der Waals surface area contributed by atoms with Crippen LogP contribution in [-0.4, -0.2) is 18.1 Å². The van der Waals surface area contributed by atoms with E-state index in [0.717, 1.165) is 0 Å². The van der Waals surface area contributed by atoms with Crippen LogP contribution in [0.5, 0.6) is 0 Å². The number of rotatable bonds is 0. The summed E-state index contributed by atoms with van der Waals surface area (Å²) in [4.78, 5) is 10.7. The first-order valence-corrected chi connectivity index (χ1v) is 3.75. The zero-order valence-corrected chi connectivity index (χ0v) is 6.61. The van der Waals surface area contributed by atoms with Gasteiger partial charge in [-0.2, -0.15) is 13.2 Å². The van der Waals surface area contributed by atoms with Crippen molar-refractivity contribution in [2.75, 3.05) is 0 Å². The fourth-order valence-electron chi connectivity index (χ4n) is 1.33. The fourth-order valence-corrected chi connectivity index (χ4v) is 1.33. The maximum absolute atomic E-state index is 12.1. The Hall–Kier alpha value is -0.740. The first kappa shape index (κ1) is 9.35. The maximum atomic E-state index is 12.1. The number of carbonyl (C=O) groups is 1. The third-order valence-electron chi connectivity index (χ3n) is 1.90. The first-order chi connectivity index (χ1) is 5.39. The molecule has 2 atom stereocenters. The Morgan fingerprint density at radius 2 is 2.08 bits per heavy atom. The second-order valence-corrected chi connectivity index (χ2v) is 3.21. The van der Waals surface area contributed by atoms with Gasteiger partial charge in [0.2, 0.25) is 5.91 Å². The molecule has 70 valence electrons. The molecule has 1 aliphatic rings. The molecule has 2 nitrogen and oxygen atoms in total. The molecule has 1 amide bonds. The van der Waals surface area contributed by atoms with Crippen molar-refractivity contribution in [3.8, 4) is 0 Å². The lowest BCUT2D eigenvalue weighted by Gasteiger charge is -2.29. The van der Waals surface area contributed by atoms with E-state index in [1.54, 1.807) is 6.92 Å². The molecule has 1 heterocycles. The molecular weight excluding hydrogens is 171 g/mol. The van der Waals surface area contributed by atoms with Crippen molar-refractivity contribution in [3.63, 3.8) is 0 Å². The Morgan fingerprint density at radius 3 is 2.50 bits per heavy atom. The molecule has 1 saturated heterocycles. The molecule has 0 radical (unpaired) electrons. The standard InChI is InChI=1S/C7H10F3NO/c1-4-2-5(7(8,9)10)11-6(12)3-4/h4-5H,2-3H2,1H3,(H,11,12). The van der Waals surface area contributed by atoms with Gasteiger partial charge in [-0.3, -0.25) is 4.79 Å². The van der Waals surface area contributed by atoms with Gasteiger partial charge >= 0.3 is 6.18 Å². The highest BCUT2D eigenvalue weighted by atomic mass is 19.4. The number of piperidine rings is 1. The van der Waals surface area contributed by atoms with E-state index in [1.165, 1.54) is 0 Å². The van der Waals surface area contributed by atoms with Gasteiger partial charge in [-0.1, -0.05) is 6.92 Å². The Kier molecular flexibility index (Phi) is 2.30. The van der Waals surface area contributed by atoms with Gasteiger partial charge in [0.25, 0.3) is 0 Å². The predicted octanol–water partition coefficient (Wildman–Crippen LogP) is 1.46. The summed E-state index contributed by atoms with van der Waals surface area (Å²) in [5.41, 5.74) is 0. The van der Waals surface area contributed by atoms with E-state index in [9.17, 15) is 18.0 Å². The number of amides is 1. The molecule has 5 heteroatoms. The van der Waals surface area contributed by atoms with E-state index in [2.05, 4.69) is 0 Å². The summed E-state index contributed by atoms with van der Waals surface area (Å²) >= 11 is 0. The lowest BCUT2D eigenvalue weighted by Crippen LogP contribution is -2.50. The van der Waals surface area contributed by atoms with E-state index < -0.39 is 18.1 Å². The van der Waals surface area contributed by atoms with E-state index in [4.69, 9.17) is 0 Å². The molecule has 0 bridgehead atoms. The van der Waals surface area contributed by atoms with Crippen LogP contribution in [0.15, 0.2) is 0 Å². The quantitative estimate of drug-likeness (QED) is 0.602. The van der Waals surface area contributed by atoms with Crippen molar-refractivity contribution in [2.45, 2.75) is 32.0 Å². The van der Waals surface area contributed by atoms with Crippen molar-refractivity contribution < 1.29 is 18.0 Å². The zero-order chi connectivity index (χ0) is 9.35. The van der Waals surface area contributed by atoms with E-state index in [-0.39, 0.29) is 18.8 Å². The Bertz CT molecular complexity index is 190. The van der Waals surface area contributed by atoms with Crippen molar-refractivity contribution in [2.24, 2.45) is 5.92 Å². The summed E-state index contributed by atoms with van der Waals surface area (Å²) in [7, 11) is 0. The van der Waals surface area contributed by atoms with Gasteiger partial charge in [-0.05, 0) is 12.3 Å². The normalized spacial score (nSPS) is 31.5. The minimum Gasteiger partial charge on any atom is -0.344 e. The van der Waals surface area contributed by atoms with Gasteiger partial charge in [-0.25, -0.2) is 0 Å². The van der Waals surface area contributed by atoms with Crippen LogP contribution in [0.3, 0.4) is 0 Å². The number of hydrogen-bond donors (Lipinski definition) is 1. The molecule has 0 saturated carbocycles. The summed E-state index contributed by atoms with van der Waals surface area (Å²) in [6.07, 6.45) is -4.11. The summed E-state index contributed by atoms with van der Waals surface area (Å²) < 4.78 is 36.2. The number of halogens is 3. The average molecular weight is 181 g/mol. The lowest BCUT2D eigenvalue weighted by molar-refractivity contribution is -0.169. The Labute approximate surface area is 68.1 Å². The Balaban J connectivity index is 2.62. The summed E-state index contributed by atoms with van der Waals surface area (Å²) in [6.45, 7) is 1.65. The highest BCUT2D eigenvalue weighted by Gasteiger charge is 2.43. The van der Waals surface area contributed by atoms with Crippen LogP contribution in [0.2, 0.25) is 0 Å². The summed E-state index contributed by atoms with van der Waals surface area (Å²) in [5, 5.41) is 1.92. The third kappa shape index (κ3) is 2.12. The van der Waals surface area contributed by atoms with Crippen LogP contribution in [0.1, 0.15) is 19.8 Å². The molecule has 1 fully saturated rings. The molecule has 0 aliphatic carbocycles. The van der Waals surface area contributed by atoms with Crippen LogP contribution in [0, 0.1) is 5.92 Å². The van der Waals surface area contributed by atoms with Crippen molar-refractivity contribution >= 4 is 5.91 Å². The maximum Gasteiger partial charge on any atom is 0.408 e. The minimum atomic E-state index is -4.30. The van der Waals surface area contributed by atoms with E-state index in [0.29, 0.717) is 0 Å². The van der Waals surface area contributed by atoms with E-state index in [1.807, 2.05) is 5.32 Å². The van der Waals surface area contributed by atoms with Crippen molar-refractivity contribution in [3.05, 3.63) is 0 Å². The monoisotopic (exact) mass is 181 g/mol. The van der Waals surface area contributed by atoms with Gasteiger partial charge in [-0.15, -0.1) is 0 Å². The van der Waals surface area contributed by atoms with Gasteiger partial charge < -0.3 is 5.32 Å². The van der Waals surface area contributed by atoms with Crippen LogP contribution in [-0.2, 0) is 4.79 Å². The second kappa shape index (κ2) is 2.95. The number of hydrogen-bond acceptors (Lipinski definition) is 1. The second-order valence-electron chi connectivity index (χ2n) is 3.21. The molecule has 1 N–H and O–H groups in total. The lowest BCUT2D eigenvalue weighted by atomic mass is 9.93. The molecule has 0 spiro atoms. The molecule has 0 aromatic rings. The summed E-state index contributed by atoms with van der Waals surface area (Å²) in [5.74, 6) is -0.679. The highest BCUT2D eigenvalue weighted by Crippen LogP contribution is 2.28. The SMILES string of the molecule is CC1CC(=O)NC(C(F)(F)F)C1. The van der Waals surface area contributed by atoms with Crippen LogP contribution >= 0.6 is 0 Å². The number of alkyl halides is 3. The molecule has 0 aromatic carbocycles. The van der Waals surface area contributed by atoms with Gasteiger partial charge in [0.05, 0.1) is 0 Å². The first-order valence-electron chi connectivity index (χ1n) is 3.75. The van der Waals surface area contributed by atoms with Crippen LogP contribution < -0.4 is 5.32 Å². The number of carbonyl (C=O) groups excluding carboxylic acids is 1. The average Bonchev–Trinajstić information content (AvgIpc) is 1.82. The highest BCUT2D eigenvalue weighted by molar-refractivity contribution is 5.77. The van der Waals surface area contributed by atoms with E-state index >= 15 is 0 Å². The number of nitrogens with one attached hydrogen (secondary N) is 1. The molecule has 0 aromatic heterocycles. The van der Waals surface area contributed by atoms with Gasteiger partial charge in [0.1, 0.15) is 6.04 Å². The topological polar surface area (TPSA) is 29.1 Å². The predicted molar refractivity (Wildman–Crippen MR) is 36.4 cm³/mol. The fraction of sp³-hybridized carbons (Fsp3) is 0.857. The van der Waals surface area contributed by atoms with Crippen molar-refractivity contribution in [1.29, 1.82) is 0 Å². The third-order valence-corrected chi connectivity index (χ3v) is 1.90. The van der Waals surface area contributed by atoms with Crippen LogP contribution in [0.25, 0.3) is 0 Å². The van der Waals surface area contributed by atoms with Crippen LogP contribution in [0.4, 0.5) is 13.2 Å². The van der Waals surface area contributed by atoms with Gasteiger partial charge in [0.15, 0.2) is 0 Å². The Morgan fingerprint density at radius 1 is 1.50 bits per heavy atom. The minimum absolute atomic E-state index is 0.00472. The molecule has 1 rings (SSSR count). The molecule has 12 heavy (non-hydrogen) atoms. The molecule has 1 aliphatic heterocycles. The molecule has 2 unspecified atom stereocenters. The van der Waals surface area contributed by atoms with Gasteiger partial charge in [0, 0.05) is 6.42 Å². The molecular formula is C7H10F3NO. The summed E-state index contributed by atoms with van der Waals surface area (Å²) in [6, 6.07) is -1.64. The smallest absolute Gasteiger partial charge is 0.344 e. The van der Waals surface area contributed by atoms with Crippen molar-refractivity contribution in [1.82, 2.24) is 5.32 Å².